The van der Waals surface area contributed by atoms with Crippen LogP contribution in [0.15, 0.2) is 29.2 Å². The summed E-state index contributed by atoms with van der Waals surface area (Å²) in [6.45, 7) is 1.86. The fourth-order valence-electron chi connectivity index (χ4n) is 3.01. The second-order valence-corrected chi connectivity index (χ2v) is 8.47. The molecule has 1 heterocycles. The first-order valence-corrected chi connectivity index (χ1v) is 10.0. The van der Waals surface area contributed by atoms with Crippen molar-refractivity contribution in [3.63, 3.8) is 0 Å². The number of carbonyl (C=O) groups excluding carboxylic acids is 1. The molecular formula is C17H26ClN3O3S. The van der Waals surface area contributed by atoms with Crippen molar-refractivity contribution in [2.45, 2.75) is 36.6 Å². The molecule has 25 heavy (non-hydrogen) atoms. The van der Waals surface area contributed by atoms with Crippen molar-refractivity contribution in [3.8, 4) is 0 Å². The van der Waals surface area contributed by atoms with E-state index in [1.165, 1.54) is 6.07 Å². The number of hydrogen-bond donors (Lipinski definition) is 2. The second-order valence-electron chi connectivity index (χ2n) is 6.70. The molecule has 1 atom stereocenters. The van der Waals surface area contributed by atoms with Gasteiger partial charge in [-0.2, -0.15) is 0 Å². The molecule has 140 valence electrons. The summed E-state index contributed by atoms with van der Waals surface area (Å²) >= 11 is 0. The van der Waals surface area contributed by atoms with Gasteiger partial charge in [-0.1, -0.05) is 6.07 Å². The van der Waals surface area contributed by atoms with Gasteiger partial charge in [0.1, 0.15) is 0 Å². The fourth-order valence-corrected chi connectivity index (χ4v) is 4.17. The quantitative estimate of drug-likeness (QED) is 0.777. The average molecular weight is 388 g/mol. The van der Waals surface area contributed by atoms with Crippen LogP contribution in [0.5, 0.6) is 0 Å². The van der Waals surface area contributed by atoms with Gasteiger partial charge in [0.05, 0.1) is 4.90 Å². The predicted octanol–water partition coefficient (Wildman–Crippen LogP) is 1.62. The van der Waals surface area contributed by atoms with E-state index in [1.807, 2.05) is 7.05 Å². The van der Waals surface area contributed by atoms with E-state index in [0.717, 1.165) is 25.7 Å². The topological polar surface area (TPSA) is 78.5 Å². The molecule has 1 saturated heterocycles. The summed E-state index contributed by atoms with van der Waals surface area (Å²) in [5.74, 6) is 0.366. The number of benzene rings is 1. The standard InChI is InChI=1S/C17H25N3O3S.ClH/c1-18-15-5-3-9-20(12-15)17(21)14-4-2-6-16(10-14)24(22,23)19-11-13-7-8-13;/h2,4,6,10,13,15,18-19H,3,5,7-9,11-12H2,1H3;1H. The number of nitrogens with zero attached hydrogens (tertiary/aromatic N) is 1. The van der Waals surface area contributed by atoms with Crippen LogP contribution in [0.4, 0.5) is 0 Å². The molecule has 0 spiro atoms. The molecule has 2 N–H and O–H groups in total. The van der Waals surface area contributed by atoms with Gasteiger partial charge in [0.2, 0.25) is 10.0 Å². The van der Waals surface area contributed by atoms with Crippen LogP contribution in [0.3, 0.4) is 0 Å². The molecule has 2 aliphatic rings. The van der Waals surface area contributed by atoms with Crippen molar-refractivity contribution in [1.82, 2.24) is 14.9 Å². The normalized spacial score (nSPS) is 20.8. The Morgan fingerprint density at radius 2 is 2.04 bits per heavy atom. The lowest BCUT2D eigenvalue weighted by Gasteiger charge is -2.32. The molecule has 6 nitrogen and oxygen atoms in total. The first-order chi connectivity index (χ1) is 11.5. The zero-order valence-corrected chi connectivity index (χ0v) is 16.0. The predicted molar refractivity (Wildman–Crippen MR) is 99.6 cm³/mol. The molecule has 1 saturated carbocycles. The summed E-state index contributed by atoms with van der Waals surface area (Å²) < 4.78 is 27.4. The van der Waals surface area contributed by atoms with Crippen LogP contribution in [-0.2, 0) is 10.0 Å². The third-order valence-corrected chi connectivity index (χ3v) is 6.19. The van der Waals surface area contributed by atoms with Crippen LogP contribution in [0.2, 0.25) is 0 Å². The smallest absolute Gasteiger partial charge is 0.253 e. The lowest BCUT2D eigenvalue weighted by Crippen LogP contribution is -2.47. The van der Waals surface area contributed by atoms with Crippen LogP contribution in [0, 0.1) is 5.92 Å². The van der Waals surface area contributed by atoms with E-state index in [2.05, 4.69) is 10.0 Å². The van der Waals surface area contributed by atoms with E-state index in [-0.39, 0.29) is 23.2 Å². The number of hydrogen-bond acceptors (Lipinski definition) is 4. The third kappa shape index (κ3) is 5.17. The first-order valence-electron chi connectivity index (χ1n) is 8.56. The molecule has 0 radical (unpaired) electrons. The molecule has 2 fully saturated rings. The van der Waals surface area contributed by atoms with Crippen LogP contribution in [-0.4, -0.2) is 51.9 Å². The highest BCUT2D eigenvalue weighted by Gasteiger charge is 2.26. The van der Waals surface area contributed by atoms with E-state index >= 15 is 0 Å². The van der Waals surface area contributed by atoms with Crippen molar-refractivity contribution < 1.29 is 13.2 Å². The minimum absolute atomic E-state index is 0. The number of nitrogens with one attached hydrogen (secondary N) is 2. The Morgan fingerprint density at radius 1 is 1.28 bits per heavy atom. The minimum atomic E-state index is -3.55. The van der Waals surface area contributed by atoms with E-state index in [1.54, 1.807) is 23.1 Å². The number of piperidine rings is 1. The summed E-state index contributed by atoms with van der Waals surface area (Å²) in [6.07, 6.45) is 4.18. The van der Waals surface area contributed by atoms with Gasteiger partial charge in [-0.25, -0.2) is 13.1 Å². The van der Waals surface area contributed by atoms with Crippen LogP contribution in [0.25, 0.3) is 0 Å². The van der Waals surface area contributed by atoms with Crippen LogP contribution < -0.4 is 10.0 Å². The molecule has 1 aromatic carbocycles. The van der Waals surface area contributed by atoms with E-state index in [0.29, 0.717) is 37.2 Å². The molecule has 1 amide bonds. The lowest BCUT2D eigenvalue weighted by molar-refractivity contribution is 0.0698. The monoisotopic (exact) mass is 387 g/mol. The van der Waals surface area contributed by atoms with Crippen molar-refractivity contribution >= 4 is 28.3 Å². The molecular weight excluding hydrogens is 362 g/mol. The molecule has 1 aliphatic heterocycles. The summed E-state index contributed by atoms with van der Waals surface area (Å²) in [5, 5.41) is 3.21. The minimum Gasteiger partial charge on any atom is -0.337 e. The zero-order valence-electron chi connectivity index (χ0n) is 14.4. The SMILES string of the molecule is CNC1CCCN(C(=O)c2cccc(S(=O)(=O)NCC3CC3)c2)C1.Cl. The Kier molecular flexibility index (Phi) is 6.85. The van der Waals surface area contributed by atoms with Gasteiger partial charge in [-0.3, -0.25) is 4.79 Å². The molecule has 1 aliphatic carbocycles. The maximum Gasteiger partial charge on any atom is 0.253 e. The fraction of sp³-hybridized carbons (Fsp3) is 0.588. The number of likely N-dealkylation sites (N-methyl/N-ethyl adjacent to an activating group) is 1. The summed E-state index contributed by atoms with van der Waals surface area (Å²) in [5.41, 5.74) is 0.432. The average Bonchev–Trinajstić information content (AvgIpc) is 3.44. The molecule has 8 heteroatoms. The van der Waals surface area contributed by atoms with E-state index < -0.39 is 10.0 Å². The van der Waals surface area contributed by atoms with Crippen molar-refractivity contribution in [3.05, 3.63) is 29.8 Å². The molecule has 1 aromatic rings. The number of halogens is 1. The molecule has 3 rings (SSSR count). The Hall–Kier alpha value is -1.15. The Morgan fingerprint density at radius 3 is 2.72 bits per heavy atom. The van der Waals surface area contributed by atoms with E-state index in [9.17, 15) is 13.2 Å². The molecule has 0 bridgehead atoms. The Balaban J connectivity index is 0.00000225. The van der Waals surface area contributed by atoms with Gasteiger partial charge in [0.15, 0.2) is 0 Å². The van der Waals surface area contributed by atoms with Crippen molar-refractivity contribution in [2.24, 2.45) is 5.92 Å². The highest BCUT2D eigenvalue weighted by atomic mass is 35.5. The van der Waals surface area contributed by atoms with Gasteiger partial charge in [-0.05, 0) is 56.8 Å². The van der Waals surface area contributed by atoms with E-state index in [4.69, 9.17) is 0 Å². The Bertz CT molecular complexity index is 707. The summed E-state index contributed by atoms with van der Waals surface area (Å²) in [7, 11) is -1.65. The number of amides is 1. The van der Waals surface area contributed by atoms with Crippen LogP contribution >= 0.6 is 12.4 Å². The van der Waals surface area contributed by atoms with Gasteiger partial charge in [0.25, 0.3) is 5.91 Å². The second kappa shape index (κ2) is 8.49. The Labute approximate surface area is 155 Å². The van der Waals surface area contributed by atoms with Gasteiger partial charge < -0.3 is 10.2 Å². The van der Waals surface area contributed by atoms with Gasteiger partial charge in [0, 0.05) is 31.2 Å². The summed E-state index contributed by atoms with van der Waals surface area (Å²) in [4.78, 5) is 14.7. The van der Waals surface area contributed by atoms with Crippen LogP contribution in [0.1, 0.15) is 36.0 Å². The zero-order chi connectivity index (χ0) is 17.2. The maximum atomic E-state index is 12.7. The number of sulfonamides is 1. The molecule has 1 unspecified atom stereocenters. The largest absolute Gasteiger partial charge is 0.337 e. The lowest BCUT2D eigenvalue weighted by atomic mass is 10.0. The van der Waals surface area contributed by atoms with Gasteiger partial charge in [-0.15, -0.1) is 12.4 Å². The first kappa shape index (κ1) is 20.2. The number of likely N-dealkylation sites (tertiary alicyclic amines) is 1. The van der Waals surface area contributed by atoms with Crippen molar-refractivity contribution in [2.75, 3.05) is 26.7 Å². The highest BCUT2D eigenvalue weighted by molar-refractivity contribution is 7.89. The highest BCUT2D eigenvalue weighted by Crippen LogP contribution is 2.28. The molecule has 0 aromatic heterocycles. The number of rotatable bonds is 6. The maximum absolute atomic E-state index is 12.7. The third-order valence-electron chi connectivity index (χ3n) is 4.77. The number of carbonyl (C=O) groups is 1. The van der Waals surface area contributed by atoms with Crippen molar-refractivity contribution in [1.29, 1.82) is 0 Å². The summed E-state index contributed by atoms with van der Waals surface area (Å²) in [6, 6.07) is 6.65. The van der Waals surface area contributed by atoms with Gasteiger partial charge >= 0.3 is 0 Å².